The third kappa shape index (κ3) is 5.46. The van der Waals surface area contributed by atoms with Gasteiger partial charge in [-0.15, -0.1) is 0 Å². The maximum absolute atomic E-state index is 12.0. The molecule has 0 spiro atoms. The molecule has 1 amide bonds. The van der Waals surface area contributed by atoms with E-state index in [0.717, 1.165) is 37.9 Å². The summed E-state index contributed by atoms with van der Waals surface area (Å²) in [5.74, 6) is 1.72. The summed E-state index contributed by atoms with van der Waals surface area (Å²) in [7, 11) is 0. The first-order valence-electron chi connectivity index (χ1n) is 8.99. The molecule has 2 aromatic rings. The monoisotopic (exact) mass is 355 g/mol. The highest BCUT2D eigenvalue weighted by Gasteiger charge is 2.12. The lowest BCUT2D eigenvalue weighted by Gasteiger charge is -2.27. The highest BCUT2D eigenvalue weighted by Crippen LogP contribution is 2.16. The molecule has 26 heavy (non-hydrogen) atoms. The Labute approximate surface area is 154 Å². The van der Waals surface area contributed by atoms with Gasteiger partial charge in [-0.3, -0.25) is 4.79 Å². The molecule has 138 valence electrons. The van der Waals surface area contributed by atoms with Crippen molar-refractivity contribution in [3.05, 3.63) is 48.2 Å². The Kier molecular flexibility index (Phi) is 6.44. The summed E-state index contributed by atoms with van der Waals surface area (Å²) in [4.78, 5) is 18.6. The van der Waals surface area contributed by atoms with Crippen LogP contribution in [0, 0.1) is 6.92 Å². The van der Waals surface area contributed by atoms with Gasteiger partial charge in [0.1, 0.15) is 11.6 Å². The number of carbonyl (C=O) groups excluding carboxylic acids is 1. The summed E-state index contributed by atoms with van der Waals surface area (Å²) in [6, 6.07) is 11.7. The largest absolute Gasteiger partial charge is 0.494 e. The second-order valence-electron chi connectivity index (χ2n) is 6.32. The van der Waals surface area contributed by atoms with Gasteiger partial charge < -0.3 is 19.7 Å². The molecule has 1 fully saturated rings. The number of pyridine rings is 1. The Bertz CT molecular complexity index is 695. The average molecular weight is 355 g/mol. The molecule has 3 rings (SSSR count). The van der Waals surface area contributed by atoms with E-state index in [0.29, 0.717) is 25.1 Å². The van der Waals surface area contributed by atoms with E-state index in [1.54, 1.807) is 6.20 Å². The summed E-state index contributed by atoms with van der Waals surface area (Å²) in [6.45, 7) is 5.70. The lowest BCUT2D eigenvalue weighted by atomic mass is 10.2. The molecule has 1 saturated heterocycles. The lowest BCUT2D eigenvalue weighted by molar-refractivity contribution is -0.116. The van der Waals surface area contributed by atoms with E-state index in [2.05, 4.69) is 15.2 Å². The minimum atomic E-state index is -0.0292. The number of rotatable bonds is 7. The Morgan fingerprint density at radius 3 is 2.65 bits per heavy atom. The van der Waals surface area contributed by atoms with Crippen LogP contribution in [-0.4, -0.2) is 43.8 Å². The van der Waals surface area contributed by atoms with Crippen LogP contribution in [0.3, 0.4) is 0 Å². The van der Waals surface area contributed by atoms with E-state index >= 15 is 0 Å². The summed E-state index contributed by atoms with van der Waals surface area (Å²) in [5.41, 5.74) is 1.91. The van der Waals surface area contributed by atoms with Gasteiger partial charge in [-0.05, 0) is 37.6 Å². The summed E-state index contributed by atoms with van der Waals surface area (Å²) < 4.78 is 11.0. The SMILES string of the molecule is Cc1ccc(OCCCC(=O)Nc2ccc(N3CCOCC3)nc2)cc1. The van der Waals surface area contributed by atoms with Crippen LogP contribution in [0.4, 0.5) is 11.5 Å². The van der Waals surface area contributed by atoms with Crippen LogP contribution in [0.1, 0.15) is 18.4 Å². The molecule has 1 aromatic carbocycles. The van der Waals surface area contributed by atoms with Crippen molar-refractivity contribution in [1.82, 2.24) is 4.98 Å². The molecule has 1 aromatic heterocycles. The molecular weight excluding hydrogens is 330 g/mol. The predicted octanol–water partition coefficient (Wildman–Crippen LogP) is 3.02. The van der Waals surface area contributed by atoms with Gasteiger partial charge in [0.05, 0.1) is 31.7 Å². The minimum Gasteiger partial charge on any atom is -0.494 e. The molecule has 2 heterocycles. The molecule has 0 saturated carbocycles. The molecule has 0 radical (unpaired) electrons. The molecule has 0 unspecified atom stereocenters. The predicted molar refractivity (Wildman–Crippen MR) is 102 cm³/mol. The highest BCUT2D eigenvalue weighted by molar-refractivity contribution is 5.90. The molecule has 0 atom stereocenters. The molecule has 0 bridgehead atoms. The molecule has 1 N–H and O–H groups in total. The number of nitrogens with one attached hydrogen (secondary N) is 1. The second-order valence-corrected chi connectivity index (χ2v) is 6.32. The van der Waals surface area contributed by atoms with Crippen LogP contribution in [0.25, 0.3) is 0 Å². The fourth-order valence-corrected chi connectivity index (χ4v) is 2.72. The van der Waals surface area contributed by atoms with Crippen LogP contribution in [-0.2, 0) is 9.53 Å². The molecule has 0 aliphatic carbocycles. The van der Waals surface area contributed by atoms with Crippen molar-refractivity contribution in [2.45, 2.75) is 19.8 Å². The maximum atomic E-state index is 12.0. The molecule has 6 heteroatoms. The summed E-state index contributed by atoms with van der Waals surface area (Å²) >= 11 is 0. The van der Waals surface area contributed by atoms with Gasteiger partial charge in [0, 0.05) is 19.5 Å². The van der Waals surface area contributed by atoms with Gasteiger partial charge in [0.25, 0.3) is 0 Å². The fourth-order valence-electron chi connectivity index (χ4n) is 2.72. The number of morpholine rings is 1. The van der Waals surface area contributed by atoms with Gasteiger partial charge in [0.15, 0.2) is 0 Å². The normalized spacial score (nSPS) is 14.1. The zero-order chi connectivity index (χ0) is 18.2. The van der Waals surface area contributed by atoms with Crippen molar-refractivity contribution in [3.63, 3.8) is 0 Å². The molecule has 6 nitrogen and oxygen atoms in total. The first-order chi connectivity index (χ1) is 12.7. The smallest absolute Gasteiger partial charge is 0.224 e. The van der Waals surface area contributed by atoms with E-state index in [9.17, 15) is 4.79 Å². The number of ether oxygens (including phenoxy) is 2. The fraction of sp³-hybridized carbons (Fsp3) is 0.400. The Morgan fingerprint density at radius 2 is 1.96 bits per heavy atom. The van der Waals surface area contributed by atoms with Gasteiger partial charge >= 0.3 is 0 Å². The molecular formula is C20H25N3O3. The zero-order valence-corrected chi connectivity index (χ0v) is 15.1. The first kappa shape index (κ1) is 18.2. The topological polar surface area (TPSA) is 63.7 Å². The molecule has 1 aliphatic rings. The van der Waals surface area contributed by atoms with Gasteiger partial charge in [-0.1, -0.05) is 17.7 Å². The summed E-state index contributed by atoms with van der Waals surface area (Å²) in [5, 5.41) is 2.88. The van der Waals surface area contributed by atoms with Crippen molar-refractivity contribution >= 4 is 17.4 Å². The minimum absolute atomic E-state index is 0.0292. The van der Waals surface area contributed by atoms with E-state index < -0.39 is 0 Å². The Hall–Kier alpha value is -2.60. The number of carbonyl (C=O) groups is 1. The second kappa shape index (κ2) is 9.20. The quantitative estimate of drug-likeness (QED) is 0.774. The number of amides is 1. The van der Waals surface area contributed by atoms with Crippen LogP contribution in [0.2, 0.25) is 0 Å². The van der Waals surface area contributed by atoms with Crippen LogP contribution >= 0.6 is 0 Å². The number of anilines is 2. The van der Waals surface area contributed by atoms with Crippen molar-refractivity contribution in [3.8, 4) is 5.75 Å². The molecule has 1 aliphatic heterocycles. The Balaban J connectivity index is 1.38. The standard InChI is InChI=1S/C20H25N3O3/c1-16-4-7-18(8-5-16)26-12-2-3-20(24)22-17-6-9-19(21-15-17)23-10-13-25-14-11-23/h4-9,15H,2-3,10-14H2,1H3,(H,22,24). The first-order valence-corrected chi connectivity index (χ1v) is 8.99. The number of hydrogen-bond donors (Lipinski definition) is 1. The number of nitrogens with zero attached hydrogens (tertiary/aromatic N) is 2. The Morgan fingerprint density at radius 1 is 1.19 bits per heavy atom. The van der Waals surface area contributed by atoms with Gasteiger partial charge in [-0.2, -0.15) is 0 Å². The average Bonchev–Trinajstić information content (AvgIpc) is 2.68. The third-order valence-corrected chi connectivity index (χ3v) is 4.20. The lowest BCUT2D eigenvalue weighted by Crippen LogP contribution is -2.36. The highest BCUT2D eigenvalue weighted by atomic mass is 16.5. The van der Waals surface area contributed by atoms with E-state index in [-0.39, 0.29) is 5.91 Å². The van der Waals surface area contributed by atoms with Crippen LogP contribution in [0.5, 0.6) is 5.75 Å². The maximum Gasteiger partial charge on any atom is 0.224 e. The number of benzene rings is 1. The number of aromatic nitrogens is 1. The van der Waals surface area contributed by atoms with Crippen molar-refractivity contribution in [1.29, 1.82) is 0 Å². The summed E-state index contributed by atoms with van der Waals surface area (Å²) in [6.07, 6.45) is 2.78. The van der Waals surface area contributed by atoms with Crippen LogP contribution in [0.15, 0.2) is 42.6 Å². The van der Waals surface area contributed by atoms with E-state index in [1.165, 1.54) is 5.56 Å². The van der Waals surface area contributed by atoms with Crippen molar-refractivity contribution < 1.29 is 14.3 Å². The number of hydrogen-bond acceptors (Lipinski definition) is 5. The zero-order valence-electron chi connectivity index (χ0n) is 15.1. The van der Waals surface area contributed by atoms with Gasteiger partial charge in [-0.25, -0.2) is 4.98 Å². The van der Waals surface area contributed by atoms with Gasteiger partial charge in [0.2, 0.25) is 5.91 Å². The van der Waals surface area contributed by atoms with Crippen molar-refractivity contribution in [2.75, 3.05) is 43.1 Å². The number of aryl methyl sites for hydroxylation is 1. The van der Waals surface area contributed by atoms with Crippen LogP contribution < -0.4 is 15.0 Å². The van der Waals surface area contributed by atoms with E-state index in [1.807, 2.05) is 43.3 Å². The van der Waals surface area contributed by atoms with Crippen molar-refractivity contribution in [2.24, 2.45) is 0 Å². The third-order valence-electron chi connectivity index (χ3n) is 4.20. The van der Waals surface area contributed by atoms with E-state index in [4.69, 9.17) is 9.47 Å².